The van der Waals surface area contributed by atoms with Gasteiger partial charge in [-0.3, -0.25) is 0 Å². The molecule has 2 heterocycles. The van der Waals surface area contributed by atoms with E-state index in [9.17, 15) is 4.79 Å². The molecule has 1 aliphatic rings. The number of nitrogens with zero attached hydrogens (tertiary/aromatic N) is 2. The van der Waals surface area contributed by atoms with Crippen molar-refractivity contribution in [3.63, 3.8) is 0 Å². The molecule has 1 aliphatic heterocycles. The molecule has 2 aromatic rings. The van der Waals surface area contributed by atoms with Crippen molar-refractivity contribution in [3.05, 3.63) is 35.9 Å². The molecule has 0 saturated carbocycles. The van der Waals surface area contributed by atoms with Gasteiger partial charge < -0.3 is 10.0 Å². The van der Waals surface area contributed by atoms with Gasteiger partial charge in [-0.25, -0.2) is 9.78 Å². The van der Waals surface area contributed by atoms with E-state index in [1.54, 1.807) is 18.2 Å². The number of carbonyl (C=O) groups is 1. The van der Waals surface area contributed by atoms with Crippen molar-refractivity contribution < 1.29 is 9.90 Å². The maximum Gasteiger partial charge on any atom is 0.335 e. The Morgan fingerprint density at radius 3 is 2.67 bits per heavy atom. The summed E-state index contributed by atoms with van der Waals surface area (Å²) in [5.41, 5.74) is 1.16. The van der Waals surface area contributed by atoms with Gasteiger partial charge in [0.05, 0.1) is 11.1 Å². The monoisotopic (exact) mass is 242 g/mol. The molecule has 1 aromatic heterocycles. The van der Waals surface area contributed by atoms with Gasteiger partial charge in [0.2, 0.25) is 0 Å². The second kappa shape index (κ2) is 4.29. The van der Waals surface area contributed by atoms with Gasteiger partial charge in [-0.1, -0.05) is 0 Å². The van der Waals surface area contributed by atoms with E-state index in [-0.39, 0.29) is 0 Å². The summed E-state index contributed by atoms with van der Waals surface area (Å²) < 4.78 is 0. The molecule has 4 nitrogen and oxygen atoms in total. The molecule has 0 spiro atoms. The Hall–Kier alpha value is -2.10. The summed E-state index contributed by atoms with van der Waals surface area (Å²) in [6, 6.07) is 8.96. The van der Waals surface area contributed by atoms with Crippen LogP contribution in [0.4, 0.5) is 5.82 Å². The number of carboxylic acids is 1. The lowest BCUT2D eigenvalue weighted by molar-refractivity contribution is 0.0697. The van der Waals surface area contributed by atoms with Gasteiger partial charge in [0.15, 0.2) is 0 Å². The van der Waals surface area contributed by atoms with E-state index >= 15 is 0 Å². The van der Waals surface area contributed by atoms with Crippen molar-refractivity contribution in [1.29, 1.82) is 0 Å². The van der Waals surface area contributed by atoms with Crippen LogP contribution >= 0.6 is 0 Å². The van der Waals surface area contributed by atoms with Crippen LogP contribution in [0.2, 0.25) is 0 Å². The number of hydrogen-bond acceptors (Lipinski definition) is 3. The molecule has 0 bridgehead atoms. The number of aromatic nitrogens is 1. The minimum atomic E-state index is -0.902. The van der Waals surface area contributed by atoms with E-state index in [4.69, 9.17) is 5.11 Å². The highest BCUT2D eigenvalue weighted by Crippen LogP contribution is 2.22. The molecule has 4 heteroatoms. The molecule has 1 saturated heterocycles. The van der Waals surface area contributed by atoms with Crippen LogP contribution in [0.5, 0.6) is 0 Å². The summed E-state index contributed by atoms with van der Waals surface area (Å²) in [4.78, 5) is 17.8. The SMILES string of the molecule is O=C(O)c1ccc2nc(N3CCCC3)ccc2c1. The van der Waals surface area contributed by atoms with Gasteiger partial charge in [-0.2, -0.15) is 0 Å². The first-order valence-electron chi connectivity index (χ1n) is 6.13. The van der Waals surface area contributed by atoms with Crippen LogP contribution in [-0.4, -0.2) is 29.1 Å². The molecule has 18 heavy (non-hydrogen) atoms. The smallest absolute Gasteiger partial charge is 0.335 e. The first kappa shape index (κ1) is 11.0. The average Bonchev–Trinajstić information content (AvgIpc) is 2.91. The fraction of sp³-hybridized carbons (Fsp3) is 0.286. The predicted molar refractivity (Wildman–Crippen MR) is 70.1 cm³/mol. The largest absolute Gasteiger partial charge is 0.478 e. The Bertz CT molecular complexity index is 604. The summed E-state index contributed by atoms with van der Waals surface area (Å²) in [5, 5.41) is 9.82. The predicted octanol–water partition coefficient (Wildman–Crippen LogP) is 2.53. The first-order valence-corrected chi connectivity index (χ1v) is 6.13. The Morgan fingerprint density at radius 1 is 1.17 bits per heavy atom. The molecular formula is C14H14N2O2. The van der Waals surface area contributed by atoms with Crippen molar-refractivity contribution in [2.24, 2.45) is 0 Å². The van der Waals surface area contributed by atoms with Crippen molar-refractivity contribution in [2.45, 2.75) is 12.8 Å². The number of pyridine rings is 1. The van der Waals surface area contributed by atoms with E-state index in [1.165, 1.54) is 12.8 Å². The van der Waals surface area contributed by atoms with Gasteiger partial charge in [0, 0.05) is 18.5 Å². The summed E-state index contributed by atoms with van der Waals surface area (Å²) in [6.07, 6.45) is 2.44. The topological polar surface area (TPSA) is 53.4 Å². The number of anilines is 1. The van der Waals surface area contributed by atoms with Crippen molar-refractivity contribution in [2.75, 3.05) is 18.0 Å². The zero-order valence-corrected chi connectivity index (χ0v) is 9.97. The minimum Gasteiger partial charge on any atom is -0.478 e. The average molecular weight is 242 g/mol. The van der Waals surface area contributed by atoms with E-state index in [2.05, 4.69) is 9.88 Å². The van der Waals surface area contributed by atoms with Gasteiger partial charge in [-0.15, -0.1) is 0 Å². The molecule has 0 amide bonds. The van der Waals surface area contributed by atoms with Crippen molar-refractivity contribution in [1.82, 2.24) is 4.98 Å². The lowest BCUT2D eigenvalue weighted by Crippen LogP contribution is -2.18. The standard InChI is InChI=1S/C14H14N2O2/c17-14(18)11-3-5-12-10(9-11)4-6-13(15-12)16-7-1-2-8-16/h3-6,9H,1-2,7-8H2,(H,17,18). The maximum atomic E-state index is 10.9. The zero-order valence-electron chi connectivity index (χ0n) is 9.97. The summed E-state index contributed by atoms with van der Waals surface area (Å²) in [7, 11) is 0. The number of aromatic carboxylic acids is 1. The van der Waals surface area contributed by atoms with Gasteiger partial charge in [-0.05, 0) is 43.2 Å². The number of hydrogen-bond donors (Lipinski definition) is 1. The highest BCUT2D eigenvalue weighted by Gasteiger charge is 2.14. The molecule has 1 N–H and O–H groups in total. The molecule has 3 rings (SSSR count). The molecular weight excluding hydrogens is 228 g/mol. The Kier molecular flexibility index (Phi) is 2.63. The maximum absolute atomic E-state index is 10.9. The van der Waals surface area contributed by atoms with Crippen LogP contribution in [-0.2, 0) is 0 Å². The normalized spacial score (nSPS) is 15.2. The van der Waals surface area contributed by atoms with E-state index < -0.39 is 5.97 Å². The van der Waals surface area contributed by atoms with Crippen LogP contribution in [0.3, 0.4) is 0 Å². The molecule has 0 aliphatic carbocycles. The van der Waals surface area contributed by atoms with Crippen LogP contribution in [0.1, 0.15) is 23.2 Å². The van der Waals surface area contributed by atoms with Crippen molar-refractivity contribution in [3.8, 4) is 0 Å². The lowest BCUT2D eigenvalue weighted by atomic mass is 10.1. The van der Waals surface area contributed by atoms with Crippen LogP contribution in [0, 0.1) is 0 Å². The highest BCUT2D eigenvalue weighted by atomic mass is 16.4. The Morgan fingerprint density at radius 2 is 1.94 bits per heavy atom. The third-order valence-electron chi connectivity index (χ3n) is 3.35. The van der Waals surface area contributed by atoms with E-state index in [1.807, 2.05) is 12.1 Å². The minimum absolute atomic E-state index is 0.304. The van der Waals surface area contributed by atoms with Crippen LogP contribution in [0.25, 0.3) is 10.9 Å². The quantitative estimate of drug-likeness (QED) is 0.879. The fourth-order valence-corrected chi connectivity index (χ4v) is 2.37. The Labute approximate surface area is 105 Å². The van der Waals surface area contributed by atoms with Gasteiger partial charge in [0.1, 0.15) is 5.82 Å². The fourth-order valence-electron chi connectivity index (χ4n) is 2.37. The number of rotatable bonds is 2. The lowest BCUT2D eigenvalue weighted by Gasteiger charge is -2.16. The number of benzene rings is 1. The molecule has 1 aromatic carbocycles. The summed E-state index contributed by atoms with van der Waals surface area (Å²) in [5.74, 6) is 0.0867. The molecule has 0 unspecified atom stereocenters. The van der Waals surface area contributed by atoms with E-state index in [0.717, 1.165) is 29.8 Å². The second-order valence-corrected chi connectivity index (χ2v) is 4.58. The van der Waals surface area contributed by atoms with Crippen molar-refractivity contribution >= 4 is 22.7 Å². The third-order valence-corrected chi connectivity index (χ3v) is 3.35. The first-order chi connectivity index (χ1) is 8.74. The highest BCUT2D eigenvalue weighted by molar-refractivity contribution is 5.93. The zero-order chi connectivity index (χ0) is 12.5. The molecule has 0 atom stereocenters. The van der Waals surface area contributed by atoms with Crippen LogP contribution in [0.15, 0.2) is 30.3 Å². The Balaban J connectivity index is 2.02. The van der Waals surface area contributed by atoms with Gasteiger partial charge >= 0.3 is 5.97 Å². The van der Waals surface area contributed by atoms with Gasteiger partial charge in [0.25, 0.3) is 0 Å². The van der Waals surface area contributed by atoms with E-state index in [0.29, 0.717) is 5.56 Å². The summed E-state index contributed by atoms with van der Waals surface area (Å²) in [6.45, 7) is 2.12. The third kappa shape index (κ3) is 1.90. The summed E-state index contributed by atoms with van der Waals surface area (Å²) >= 11 is 0. The molecule has 1 fully saturated rings. The van der Waals surface area contributed by atoms with Crippen LogP contribution < -0.4 is 4.90 Å². The second-order valence-electron chi connectivity index (χ2n) is 4.58. The number of fused-ring (bicyclic) bond motifs is 1. The number of carboxylic acid groups (broad SMARTS) is 1. The molecule has 92 valence electrons. The molecule has 0 radical (unpaired) electrons.